The largest absolute Gasteiger partial charge is 0.480 e. The summed E-state index contributed by atoms with van der Waals surface area (Å²) in [4.78, 5) is 14.1. The van der Waals surface area contributed by atoms with Crippen LogP contribution in [0.15, 0.2) is 48.5 Å². The highest BCUT2D eigenvalue weighted by Crippen LogP contribution is 2.49. The lowest BCUT2D eigenvalue weighted by Crippen LogP contribution is -2.47. The van der Waals surface area contributed by atoms with Gasteiger partial charge in [-0.25, -0.2) is 4.79 Å². The molecule has 1 fully saturated rings. The van der Waals surface area contributed by atoms with Gasteiger partial charge in [0.25, 0.3) is 0 Å². The molecule has 1 saturated heterocycles. The Morgan fingerprint density at radius 1 is 1.21 bits per heavy atom. The zero-order chi connectivity index (χ0) is 21.4. The number of aliphatic carboxylic acids is 1. The minimum absolute atomic E-state index is 0.122. The van der Waals surface area contributed by atoms with Crippen molar-refractivity contribution in [3.8, 4) is 6.07 Å². The maximum absolute atomic E-state index is 12.3. The van der Waals surface area contributed by atoms with E-state index in [2.05, 4.69) is 26.8 Å². The van der Waals surface area contributed by atoms with E-state index >= 15 is 0 Å². The van der Waals surface area contributed by atoms with Crippen LogP contribution < -0.4 is 4.90 Å². The molecule has 1 N–H and O–H groups in total. The van der Waals surface area contributed by atoms with E-state index in [0.29, 0.717) is 22.2 Å². The summed E-state index contributed by atoms with van der Waals surface area (Å²) in [6.07, 6.45) is 0.827. The molecule has 2 aromatic carbocycles. The Kier molecular flexibility index (Phi) is 5.85. The van der Waals surface area contributed by atoms with Crippen molar-refractivity contribution in [2.24, 2.45) is 5.41 Å². The van der Waals surface area contributed by atoms with Gasteiger partial charge in [0.15, 0.2) is 0 Å². The summed E-state index contributed by atoms with van der Waals surface area (Å²) in [5.74, 6) is -0.949. The van der Waals surface area contributed by atoms with E-state index in [0.717, 1.165) is 5.56 Å². The number of benzene rings is 2. The average Bonchev–Trinajstić information content (AvgIpc) is 2.96. The van der Waals surface area contributed by atoms with E-state index in [-0.39, 0.29) is 17.9 Å². The fourth-order valence-corrected chi connectivity index (χ4v) is 4.60. The molecule has 0 saturated carbocycles. The van der Waals surface area contributed by atoms with Crippen LogP contribution in [0.3, 0.4) is 0 Å². The van der Waals surface area contributed by atoms with Gasteiger partial charge in [0.1, 0.15) is 11.5 Å². The third-order valence-electron chi connectivity index (χ3n) is 5.51. The molecule has 4 nitrogen and oxygen atoms in total. The van der Waals surface area contributed by atoms with Crippen LogP contribution in [0.4, 0.5) is 5.69 Å². The van der Waals surface area contributed by atoms with Crippen LogP contribution in [0, 0.1) is 16.7 Å². The van der Waals surface area contributed by atoms with Crippen molar-refractivity contribution in [1.29, 1.82) is 5.26 Å². The predicted molar refractivity (Wildman–Crippen MR) is 117 cm³/mol. The van der Waals surface area contributed by atoms with Crippen molar-refractivity contribution in [1.82, 2.24) is 0 Å². The third kappa shape index (κ3) is 4.22. The second-order valence-electron chi connectivity index (χ2n) is 8.82. The molecule has 0 amide bonds. The first kappa shape index (κ1) is 21.5. The van der Waals surface area contributed by atoms with Gasteiger partial charge < -0.3 is 10.0 Å². The molecule has 2 aromatic rings. The number of anilines is 1. The zero-order valence-electron chi connectivity index (χ0n) is 16.7. The second kappa shape index (κ2) is 7.89. The molecule has 1 heterocycles. The number of nitrogens with zero attached hydrogens (tertiary/aromatic N) is 2. The molecule has 29 heavy (non-hydrogen) atoms. The highest BCUT2D eigenvalue weighted by atomic mass is 35.5. The first-order valence-electron chi connectivity index (χ1n) is 9.51. The predicted octanol–water partition coefficient (Wildman–Crippen LogP) is 5.92. The molecular weight excluding hydrogens is 407 g/mol. The molecule has 0 spiro atoms. The topological polar surface area (TPSA) is 64.3 Å². The van der Waals surface area contributed by atoms with Crippen molar-refractivity contribution in [3.05, 3.63) is 64.1 Å². The van der Waals surface area contributed by atoms with E-state index in [4.69, 9.17) is 23.2 Å². The first-order valence-corrected chi connectivity index (χ1v) is 10.3. The standard InChI is InChI=1S/C23H24Cl2N2O2/c1-22(2,3)13-20-23(14-26,15-7-9-16(24)10-8-15)12-19(21(28)29)27(20)18-6-4-5-17(25)11-18/h4-11,19-20H,12-13H2,1-3H3,(H,28,29). The molecular formula is C23H24Cl2N2O2. The first-order chi connectivity index (χ1) is 13.6. The number of carbonyl (C=O) groups is 1. The van der Waals surface area contributed by atoms with Crippen molar-refractivity contribution in [2.45, 2.75) is 51.1 Å². The summed E-state index contributed by atoms with van der Waals surface area (Å²) in [5, 5.41) is 21.5. The molecule has 3 atom stereocenters. The summed E-state index contributed by atoms with van der Waals surface area (Å²) in [6, 6.07) is 15.7. The molecule has 0 bridgehead atoms. The molecule has 152 valence electrons. The van der Waals surface area contributed by atoms with E-state index in [1.165, 1.54) is 0 Å². The lowest BCUT2D eigenvalue weighted by Gasteiger charge is -2.39. The van der Waals surface area contributed by atoms with Crippen LogP contribution in [-0.2, 0) is 10.2 Å². The van der Waals surface area contributed by atoms with Gasteiger partial charge in [-0.2, -0.15) is 5.26 Å². The highest BCUT2D eigenvalue weighted by molar-refractivity contribution is 6.31. The lowest BCUT2D eigenvalue weighted by molar-refractivity contribution is -0.138. The van der Waals surface area contributed by atoms with Gasteiger partial charge in [-0.15, -0.1) is 0 Å². The van der Waals surface area contributed by atoms with Crippen molar-refractivity contribution in [3.63, 3.8) is 0 Å². The van der Waals surface area contributed by atoms with Crippen LogP contribution in [0.1, 0.15) is 39.2 Å². The van der Waals surface area contributed by atoms with Crippen LogP contribution in [0.5, 0.6) is 0 Å². The normalized spacial score (nSPS) is 24.3. The second-order valence-corrected chi connectivity index (χ2v) is 9.69. The Balaban J connectivity index is 2.23. The molecule has 1 aliphatic heterocycles. The van der Waals surface area contributed by atoms with Crippen LogP contribution in [-0.4, -0.2) is 23.2 Å². The summed E-state index contributed by atoms with van der Waals surface area (Å²) >= 11 is 12.3. The number of halogens is 2. The Morgan fingerprint density at radius 2 is 1.86 bits per heavy atom. The minimum Gasteiger partial charge on any atom is -0.480 e. The van der Waals surface area contributed by atoms with Crippen molar-refractivity contribution < 1.29 is 9.90 Å². The molecule has 0 aromatic heterocycles. The van der Waals surface area contributed by atoms with E-state index in [1.807, 2.05) is 23.1 Å². The highest BCUT2D eigenvalue weighted by Gasteiger charge is 2.56. The molecule has 3 unspecified atom stereocenters. The molecule has 6 heteroatoms. The van der Waals surface area contributed by atoms with Gasteiger partial charge in [-0.05, 0) is 47.7 Å². The number of carboxylic acid groups (broad SMARTS) is 1. The van der Waals surface area contributed by atoms with Gasteiger partial charge in [0.2, 0.25) is 0 Å². The van der Waals surface area contributed by atoms with E-state index in [9.17, 15) is 15.2 Å². The van der Waals surface area contributed by atoms with E-state index in [1.54, 1.807) is 30.3 Å². The maximum atomic E-state index is 12.3. The number of hydrogen-bond acceptors (Lipinski definition) is 3. The molecule has 1 aliphatic rings. The van der Waals surface area contributed by atoms with Gasteiger partial charge in [-0.3, -0.25) is 0 Å². The van der Waals surface area contributed by atoms with Crippen LogP contribution in [0.25, 0.3) is 0 Å². The quantitative estimate of drug-likeness (QED) is 0.653. The third-order valence-corrected chi connectivity index (χ3v) is 6.00. The van der Waals surface area contributed by atoms with Crippen LogP contribution >= 0.6 is 23.2 Å². The number of hydrogen-bond donors (Lipinski definition) is 1. The average molecular weight is 431 g/mol. The summed E-state index contributed by atoms with van der Waals surface area (Å²) in [7, 11) is 0. The molecule has 0 radical (unpaired) electrons. The Bertz CT molecular complexity index is 947. The maximum Gasteiger partial charge on any atom is 0.326 e. The Labute approximate surface area is 181 Å². The fourth-order valence-electron chi connectivity index (χ4n) is 4.29. The van der Waals surface area contributed by atoms with Gasteiger partial charge in [0.05, 0.1) is 12.1 Å². The van der Waals surface area contributed by atoms with Crippen molar-refractivity contribution in [2.75, 3.05) is 4.90 Å². The lowest BCUT2D eigenvalue weighted by atomic mass is 9.70. The zero-order valence-corrected chi connectivity index (χ0v) is 18.2. The summed E-state index contributed by atoms with van der Waals surface area (Å²) < 4.78 is 0. The van der Waals surface area contributed by atoms with Gasteiger partial charge in [-0.1, -0.05) is 62.2 Å². The number of nitriles is 1. The van der Waals surface area contributed by atoms with E-state index < -0.39 is 17.4 Å². The molecule has 0 aliphatic carbocycles. The molecule has 3 rings (SSSR count). The monoisotopic (exact) mass is 430 g/mol. The minimum atomic E-state index is -0.983. The van der Waals surface area contributed by atoms with Crippen LogP contribution in [0.2, 0.25) is 10.0 Å². The number of rotatable bonds is 4. The fraction of sp³-hybridized carbons (Fsp3) is 0.391. The Hall–Kier alpha value is -2.22. The summed E-state index contributed by atoms with van der Waals surface area (Å²) in [6.45, 7) is 6.30. The van der Waals surface area contributed by atoms with Crippen molar-refractivity contribution >= 4 is 34.9 Å². The smallest absolute Gasteiger partial charge is 0.326 e. The summed E-state index contributed by atoms with van der Waals surface area (Å²) in [5.41, 5.74) is 0.395. The number of carboxylic acids is 1. The van der Waals surface area contributed by atoms with Gasteiger partial charge in [0, 0.05) is 22.2 Å². The van der Waals surface area contributed by atoms with Gasteiger partial charge >= 0.3 is 5.97 Å². The Morgan fingerprint density at radius 3 is 2.38 bits per heavy atom. The SMILES string of the molecule is CC(C)(C)CC1N(c2cccc(Cl)c2)C(C(=O)O)CC1(C#N)c1ccc(Cl)cc1.